The summed E-state index contributed by atoms with van der Waals surface area (Å²) in [5.74, 6) is 0.362. The summed E-state index contributed by atoms with van der Waals surface area (Å²) in [7, 11) is 0. The number of aromatic nitrogens is 3. The van der Waals surface area contributed by atoms with Crippen molar-refractivity contribution in [2.24, 2.45) is 0 Å². The Morgan fingerprint density at radius 3 is 2.87 bits per heavy atom. The fraction of sp³-hybridized carbons (Fsp3) is 0.176. The number of fused-ring (bicyclic) bond motifs is 1. The van der Waals surface area contributed by atoms with Crippen molar-refractivity contribution >= 4 is 11.6 Å². The molecule has 0 spiro atoms. The van der Waals surface area contributed by atoms with Crippen LogP contribution in [0.1, 0.15) is 11.3 Å². The van der Waals surface area contributed by atoms with E-state index in [9.17, 15) is 4.39 Å². The first-order chi connectivity index (χ1) is 11.3. The number of hydrogen-bond donors (Lipinski definition) is 1. The highest BCUT2D eigenvalue weighted by atomic mass is 35.5. The van der Waals surface area contributed by atoms with Gasteiger partial charge in [0.1, 0.15) is 11.5 Å². The van der Waals surface area contributed by atoms with E-state index in [2.05, 4.69) is 15.4 Å². The Balaban J connectivity index is 1.97. The first kappa shape index (κ1) is 14.4. The van der Waals surface area contributed by atoms with Crippen LogP contribution in [0.3, 0.4) is 0 Å². The summed E-state index contributed by atoms with van der Waals surface area (Å²) in [6, 6.07) is 10.3. The lowest BCUT2D eigenvalue weighted by atomic mass is 10.0. The third-order valence-corrected chi connectivity index (χ3v) is 4.31. The molecule has 6 heteroatoms. The number of hydrogen-bond acceptors (Lipinski definition) is 3. The number of nitrogens with zero attached hydrogens (tertiary/aromatic N) is 3. The van der Waals surface area contributed by atoms with Crippen LogP contribution in [-0.4, -0.2) is 21.3 Å². The first-order valence-corrected chi connectivity index (χ1v) is 7.81. The lowest BCUT2D eigenvalue weighted by molar-refractivity contribution is 0.619. The van der Waals surface area contributed by atoms with Crippen LogP contribution < -0.4 is 5.32 Å². The molecule has 0 unspecified atom stereocenters. The predicted octanol–water partition coefficient (Wildman–Crippen LogP) is 3.37. The number of rotatable bonds is 2. The quantitative estimate of drug-likeness (QED) is 0.784. The van der Waals surface area contributed by atoms with E-state index >= 15 is 0 Å². The molecule has 1 N–H and O–H groups in total. The summed E-state index contributed by atoms with van der Waals surface area (Å²) in [6.07, 6.45) is 2.53. The lowest BCUT2D eigenvalue weighted by Crippen LogP contribution is -2.24. The Morgan fingerprint density at radius 1 is 1.17 bits per heavy atom. The van der Waals surface area contributed by atoms with Gasteiger partial charge in [0.05, 0.1) is 16.3 Å². The summed E-state index contributed by atoms with van der Waals surface area (Å²) >= 11 is 6.24. The highest BCUT2D eigenvalue weighted by Gasteiger charge is 2.25. The standard InChI is InChI=1S/C17H14ClFN4/c18-12-4-3-5-13(19)16(12)17-11-10-20-9-7-14(11)23(22-17)15-6-1-2-8-21-15/h1-6,8,20H,7,9-10H2. The van der Waals surface area contributed by atoms with Gasteiger partial charge in [-0.15, -0.1) is 0 Å². The third kappa shape index (κ3) is 2.42. The van der Waals surface area contributed by atoms with Crippen LogP contribution in [0.15, 0.2) is 42.6 Å². The van der Waals surface area contributed by atoms with Crippen LogP contribution in [0.4, 0.5) is 4.39 Å². The smallest absolute Gasteiger partial charge is 0.153 e. The van der Waals surface area contributed by atoms with E-state index in [1.807, 2.05) is 18.2 Å². The molecule has 4 nitrogen and oxygen atoms in total. The molecule has 1 aliphatic heterocycles. The molecule has 3 aromatic rings. The summed E-state index contributed by atoms with van der Waals surface area (Å²) in [6.45, 7) is 1.50. The minimum Gasteiger partial charge on any atom is -0.312 e. The summed E-state index contributed by atoms with van der Waals surface area (Å²) < 4.78 is 16.1. The Morgan fingerprint density at radius 2 is 2.09 bits per heavy atom. The maximum Gasteiger partial charge on any atom is 0.153 e. The highest BCUT2D eigenvalue weighted by molar-refractivity contribution is 6.33. The molecule has 0 atom stereocenters. The molecule has 116 valence electrons. The van der Waals surface area contributed by atoms with Crippen LogP contribution in [0.25, 0.3) is 17.1 Å². The number of halogens is 2. The predicted molar refractivity (Wildman–Crippen MR) is 87.2 cm³/mol. The Labute approximate surface area is 137 Å². The van der Waals surface area contributed by atoms with Crippen molar-refractivity contribution in [1.29, 1.82) is 0 Å². The molecule has 0 bridgehead atoms. The molecular formula is C17H14ClFN4. The summed E-state index contributed by atoms with van der Waals surface area (Å²) in [5, 5.41) is 8.32. The van der Waals surface area contributed by atoms with Crippen molar-refractivity contribution in [3.8, 4) is 17.1 Å². The molecule has 23 heavy (non-hydrogen) atoms. The second kappa shape index (κ2) is 5.76. The summed E-state index contributed by atoms with van der Waals surface area (Å²) in [4.78, 5) is 4.36. The van der Waals surface area contributed by atoms with Gasteiger partial charge in [0.15, 0.2) is 5.82 Å². The Kier molecular flexibility index (Phi) is 3.59. The zero-order valence-electron chi connectivity index (χ0n) is 12.3. The number of nitrogens with one attached hydrogen (secondary N) is 1. The van der Waals surface area contributed by atoms with Gasteiger partial charge in [-0.25, -0.2) is 14.1 Å². The second-order valence-electron chi connectivity index (χ2n) is 5.40. The molecule has 0 saturated heterocycles. The van der Waals surface area contributed by atoms with Gasteiger partial charge in [0.25, 0.3) is 0 Å². The van der Waals surface area contributed by atoms with Gasteiger partial charge >= 0.3 is 0 Å². The maximum atomic E-state index is 14.3. The van der Waals surface area contributed by atoms with Crippen molar-refractivity contribution in [1.82, 2.24) is 20.1 Å². The zero-order chi connectivity index (χ0) is 15.8. The molecule has 1 aliphatic rings. The Hall–Kier alpha value is -2.24. The second-order valence-corrected chi connectivity index (χ2v) is 5.80. The van der Waals surface area contributed by atoms with Gasteiger partial charge in [-0.3, -0.25) is 0 Å². The van der Waals surface area contributed by atoms with Crippen LogP contribution >= 0.6 is 11.6 Å². The van der Waals surface area contributed by atoms with E-state index in [1.165, 1.54) is 6.07 Å². The van der Waals surface area contributed by atoms with Gasteiger partial charge in [-0.2, -0.15) is 5.10 Å². The minimum absolute atomic E-state index is 0.351. The van der Waals surface area contributed by atoms with Crippen LogP contribution in [0.2, 0.25) is 5.02 Å². The molecule has 0 radical (unpaired) electrons. The van der Waals surface area contributed by atoms with E-state index in [0.717, 1.165) is 30.0 Å². The van der Waals surface area contributed by atoms with Gasteiger partial charge in [0.2, 0.25) is 0 Å². The third-order valence-electron chi connectivity index (χ3n) is 4.00. The normalized spacial score (nSPS) is 13.8. The molecule has 0 amide bonds. The molecule has 2 aromatic heterocycles. The maximum absolute atomic E-state index is 14.3. The van der Waals surface area contributed by atoms with Crippen molar-refractivity contribution in [2.75, 3.05) is 6.54 Å². The SMILES string of the molecule is Fc1cccc(Cl)c1-c1nn(-c2ccccn2)c2c1CNCC2. The monoisotopic (exact) mass is 328 g/mol. The molecular weight excluding hydrogens is 315 g/mol. The average molecular weight is 329 g/mol. The van der Waals surface area contributed by atoms with Crippen LogP contribution in [0, 0.1) is 5.82 Å². The van der Waals surface area contributed by atoms with Gasteiger partial charge in [-0.05, 0) is 24.3 Å². The van der Waals surface area contributed by atoms with Crippen LogP contribution in [0.5, 0.6) is 0 Å². The average Bonchev–Trinajstić information content (AvgIpc) is 2.95. The number of pyridine rings is 1. The van der Waals surface area contributed by atoms with Crippen molar-refractivity contribution in [3.05, 3.63) is 64.7 Å². The molecule has 3 heterocycles. The van der Waals surface area contributed by atoms with Crippen molar-refractivity contribution in [2.45, 2.75) is 13.0 Å². The molecule has 0 saturated carbocycles. The molecule has 1 aromatic carbocycles. The van der Waals surface area contributed by atoms with Gasteiger partial charge in [-0.1, -0.05) is 23.7 Å². The number of benzene rings is 1. The first-order valence-electron chi connectivity index (χ1n) is 7.43. The van der Waals surface area contributed by atoms with E-state index in [1.54, 1.807) is 23.0 Å². The fourth-order valence-electron chi connectivity index (χ4n) is 2.94. The van der Waals surface area contributed by atoms with Crippen molar-refractivity contribution < 1.29 is 4.39 Å². The van der Waals surface area contributed by atoms with E-state index in [-0.39, 0.29) is 5.82 Å². The van der Waals surface area contributed by atoms with Crippen molar-refractivity contribution in [3.63, 3.8) is 0 Å². The van der Waals surface area contributed by atoms with E-state index in [4.69, 9.17) is 11.6 Å². The minimum atomic E-state index is -0.364. The lowest BCUT2D eigenvalue weighted by Gasteiger charge is -2.15. The molecule has 0 fully saturated rings. The van der Waals surface area contributed by atoms with E-state index < -0.39 is 0 Å². The molecule has 4 rings (SSSR count). The molecule has 0 aliphatic carbocycles. The van der Waals surface area contributed by atoms with Gasteiger partial charge < -0.3 is 5.32 Å². The van der Waals surface area contributed by atoms with Crippen LogP contribution in [-0.2, 0) is 13.0 Å². The fourth-order valence-corrected chi connectivity index (χ4v) is 3.19. The van der Waals surface area contributed by atoms with E-state index in [0.29, 0.717) is 22.8 Å². The largest absolute Gasteiger partial charge is 0.312 e. The topological polar surface area (TPSA) is 42.7 Å². The van der Waals surface area contributed by atoms with Gasteiger partial charge in [0, 0.05) is 31.3 Å². The Bertz CT molecular complexity index is 840. The zero-order valence-corrected chi connectivity index (χ0v) is 13.0. The summed E-state index contributed by atoms with van der Waals surface area (Å²) in [5.41, 5.74) is 2.97. The highest BCUT2D eigenvalue weighted by Crippen LogP contribution is 2.35.